The van der Waals surface area contributed by atoms with E-state index in [2.05, 4.69) is 153 Å². The molecule has 0 aliphatic carbocycles. The highest BCUT2D eigenvalue weighted by Gasteiger charge is 2.46. The van der Waals surface area contributed by atoms with Crippen LogP contribution >= 0.6 is 21.6 Å². The topological polar surface area (TPSA) is 6.48 Å². The molecule has 0 saturated carbocycles. The summed E-state index contributed by atoms with van der Waals surface area (Å²) in [4.78, 5) is 5.47. The van der Waals surface area contributed by atoms with Crippen LogP contribution in [-0.2, 0) is 0 Å². The van der Waals surface area contributed by atoms with Crippen LogP contribution in [0.3, 0.4) is 0 Å². The summed E-state index contributed by atoms with van der Waals surface area (Å²) < 4.78 is 0. The lowest BCUT2D eigenvalue weighted by atomic mass is 9.94. The summed E-state index contributed by atoms with van der Waals surface area (Å²) >= 11 is 0. The van der Waals surface area contributed by atoms with Crippen molar-refractivity contribution < 1.29 is 0 Å². The third kappa shape index (κ3) is 4.32. The van der Waals surface area contributed by atoms with Crippen molar-refractivity contribution in [1.82, 2.24) is 9.80 Å². The van der Waals surface area contributed by atoms with Gasteiger partial charge in [0.15, 0.2) is 0 Å². The van der Waals surface area contributed by atoms with Gasteiger partial charge in [-0.3, -0.25) is 9.80 Å². The summed E-state index contributed by atoms with van der Waals surface area (Å²) in [5, 5.41) is 0.852. The molecule has 2 bridgehead atoms. The van der Waals surface area contributed by atoms with Gasteiger partial charge in [-0.25, -0.2) is 0 Å². The van der Waals surface area contributed by atoms with Crippen LogP contribution in [0.25, 0.3) is 0 Å². The van der Waals surface area contributed by atoms with Crippen molar-refractivity contribution in [3.05, 3.63) is 144 Å². The maximum absolute atomic E-state index is 2.74. The molecule has 0 radical (unpaired) electrons. The Morgan fingerprint density at radius 3 is 0.941 bits per heavy atom. The van der Waals surface area contributed by atoms with Gasteiger partial charge in [0.1, 0.15) is 0 Å². The number of piperazine rings is 1. The summed E-state index contributed by atoms with van der Waals surface area (Å²) in [5.41, 5.74) is 5.50. The molecular formula is C30H28N2S2. The second kappa shape index (κ2) is 10.0. The summed E-state index contributed by atoms with van der Waals surface area (Å²) in [6.45, 7) is 2.10. The molecule has 4 aromatic carbocycles. The summed E-state index contributed by atoms with van der Waals surface area (Å²) in [7, 11) is 4.10. The number of nitrogens with zero attached hydrogens (tertiary/aromatic N) is 2. The Morgan fingerprint density at radius 2 is 0.706 bits per heavy atom. The van der Waals surface area contributed by atoms with E-state index in [9.17, 15) is 0 Å². The summed E-state index contributed by atoms with van der Waals surface area (Å²) in [6, 6.07) is 44.6. The SMILES string of the molecule is c1ccc(C(c2ccccc2)N2CC3SSC2CN3C(c2ccccc2)c2ccccc2)cc1. The van der Waals surface area contributed by atoms with Gasteiger partial charge in [-0.2, -0.15) is 0 Å². The Kier molecular flexibility index (Phi) is 6.47. The molecule has 2 atom stereocenters. The maximum atomic E-state index is 2.74. The molecule has 2 nitrogen and oxygen atoms in total. The fourth-order valence-corrected chi connectivity index (χ4v) is 8.50. The van der Waals surface area contributed by atoms with E-state index in [1.54, 1.807) is 0 Å². The predicted molar refractivity (Wildman–Crippen MR) is 146 cm³/mol. The predicted octanol–water partition coefficient (Wildman–Crippen LogP) is 7.23. The quantitative estimate of drug-likeness (QED) is 0.268. The van der Waals surface area contributed by atoms with E-state index in [-0.39, 0.29) is 12.1 Å². The van der Waals surface area contributed by atoms with Gasteiger partial charge in [0, 0.05) is 13.1 Å². The lowest BCUT2D eigenvalue weighted by Gasteiger charge is -2.54. The highest BCUT2D eigenvalue weighted by molar-refractivity contribution is 8.77. The van der Waals surface area contributed by atoms with E-state index in [0.29, 0.717) is 10.7 Å². The minimum Gasteiger partial charge on any atom is -0.276 e. The van der Waals surface area contributed by atoms with Crippen LogP contribution in [0, 0.1) is 0 Å². The van der Waals surface area contributed by atoms with Crippen molar-refractivity contribution in [2.45, 2.75) is 22.8 Å². The van der Waals surface area contributed by atoms with E-state index >= 15 is 0 Å². The van der Waals surface area contributed by atoms with Gasteiger partial charge < -0.3 is 0 Å². The summed E-state index contributed by atoms with van der Waals surface area (Å²) in [5.74, 6) is 0. The fourth-order valence-electron chi connectivity index (χ4n) is 5.34. The molecule has 0 spiro atoms. The molecule has 170 valence electrons. The molecule has 3 saturated heterocycles. The monoisotopic (exact) mass is 480 g/mol. The van der Waals surface area contributed by atoms with Crippen LogP contribution in [0.5, 0.6) is 0 Å². The molecule has 0 N–H and O–H groups in total. The molecular weight excluding hydrogens is 452 g/mol. The Morgan fingerprint density at radius 1 is 0.441 bits per heavy atom. The van der Waals surface area contributed by atoms with Gasteiger partial charge in [-0.1, -0.05) is 143 Å². The molecule has 7 rings (SSSR count). The lowest BCUT2D eigenvalue weighted by Crippen LogP contribution is -2.60. The van der Waals surface area contributed by atoms with Crippen LogP contribution in [-0.4, -0.2) is 33.6 Å². The van der Waals surface area contributed by atoms with Crippen molar-refractivity contribution in [2.24, 2.45) is 0 Å². The average Bonchev–Trinajstić information content (AvgIpc) is 2.92. The first-order chi connectivity index (χ1) is 16.9. The molecule has 3 aliphatic heterocycles. The highest BCUT2D eigenvalue weighted by Crippen LogP contribution is 2.52. The smallest absolute Gasteiger partial charge is 0.0800 e. The first-order valence-corrected chi connectivity index (χ1v) is 14.2. The third-order valence-electron chi connectivity index (χ3n) is 6.88. The Hall–Kier alpha value is -2.50. The van der Waals surface area contributed by atoms with Crippen LogP contribution in [0.4, 0.5) is 0 Å². The van der Waals surface area contributed by atoms with Crippen molar-refractivity contribution >= 4 is 21.6 Å². The van der Waals surface area contributed by atoms with Gasteiger partial charge in [0.2, 0.25) is 0 Å². The van der Waals surface area contributed by atoms with Gasteiger partial charge in [-0.15, -0.1) is 0 Å². The zero-order valence-electron chi connectivity index (χ0n) is 19.0. The summed E-state index contributed by atoms with van der Waals surface area (Å²) in [6.07, 6.45) is 0. The molecule has 4 aromatic rings. The Bertz CT molecular complexity index is 1010. The van der Waals surface area contributed by atoms with Crippen molar-refractivity contribution in [3.8, 4) is 0 Å². The largest absolute Gasteiger partial charge is 0.276 e. The van der Waals surface area contributed by atoms with E-state index in [4.69, 9.17) is 0 Å². The lowest BCUT2D eigenvalue weighted by molar-refractivity contribution is 0.0582. The van der Waals surface area contributed by atoms with Crippen molar-refractivity contribution in [1.29, 1.82) is 0 Å². The van der Waals surface area contributed by atoms with Gasteiger partial charge in [-0.05, 0) is 22.3 Å². The highest BCUT2D eigenvalue weighted by atomic mass is 33.1. The average molecular weight is 481 g/mol. The van der Waals surface area contributed by atoms with Crippen molar-refractivity contribution in [3.63, 3.8) is 0 Å². The second-order valence-corrected chi connectivity index (χ2v) is 11.6. The van der Waals surface area contributed by atoms with Crippen molar-refractivity contribution in [2.75, 3.05) is 13.1 Å². The number of hydrogen-bond acceptors (Lipinski definition) is 4. The Balaban J connectivity index is 1.35. The normalized spacial score (nSPS) is 20.8. The molecule has 0 aromatic heterocycles. The van der Waals surface area contributed by atoms with Crippen LogP contribution in [0.2, 0.25) is 0 Å². The standard InChI is InChI=1S/C30H28N2S2/c1-5-13-23(14-6-1)29(24-15-7-2-8-16-24)31-21-28-32(22-27(31)33-34-28)30(25-17-9-3-10-18-25)26-19-11-4-12-20-26/h1-20,27-30H,21-22H2. The van der Waals surface area contributed by atoms with Gasteiger partial charge in [0.05, 0.1) is 22.8 Å². The van der Waals surface area contributed by atoms with Gasteiger partial charge >= 0.3 is 0 Å². The number of fused-ring (bicyclic) bond motifs is 3. The second-order valence-electron chi connectivity index (χ2n) is 8.94. The van der Waals surface area contributed by atoms with E-state index < -0.39 is 0 Å². The molecule has 2 unspecified atom stereocenters. The van der Waals surface area contributed by atoms with Crippen LogP contribution < -0.4 is 0 Å². The van der Waals surface area contributed by atoms with Crippen LogP contribution in [0.15, 0.2) is 121 Å². The van der Waals surface area contributed by atoms with Crippen LogP contribution in [0.1, 0.15) is 34.3 Å². The zero-order chi connectivity index (χ0) is 22.7. The Labute approximate surface area is 210 Å². The first-order valence-electron chi connectivity index (χ1n) is 11.9. The minimum absolute atomic E-state index is 0.275. The van der Waals surface area contributed by atoms with E-state index in [1.165, 1.54) is 22.3 Å². The number of benzene rings is 4. The van der Waals surface area contributed by atoms with E-state index in [1.807, 2.05) is 0 Å². The molecule has 3 fully saturated rings. The molecule has 0 amide bonds. The molecule has 3 aliphatic rings. The minimum atomic E-state index is 0.275. The number of rotatable bonds is 6. The molecule has 3 heterocycles. The third-order valence-corrected chi connectivity index (χ3v) is 9.94. The fraction of sp³-hybridized carbons (Fsp3) is 0.200. The maximum Gasteiger partial charge on any atom is 0.0800 e. The van der Waals surface area contributed by atoms with Gasteiger partial charge in [0.25, 0.3) is 0 Å². The first kappa shape index (κ1) is 22.0. The number of hydrogen-bond donors (Lipinski definition) is 0. The molecule has 4 heteroatoms. The van der Waals surface area contributed by atoms with E-state index in [0.717, 1.165) is 13.1 Å². The zero-order valence-corrected chi connectivity index (χ0v) is 20.6. The molecule has 34 heavy (non-hydrogen) atoms.